The monoisotopic (exact) mass is 453 g/mol. The van der Waals surface area contributed by atoms with Crippen molar-refractivity contribution in [1.82, 2.24) is 5.32 Å². The van der Waals surface area contributed by atoms with Gasteiger partial charge in [0.1, 0.15) is 0 Å². The van der Waals surface area contributed by atoms with Gasteiger partial charge in [0.2, 0.25) is 12.2 Å². The van der Waals surface area contributed by atoms with Crippen LogP contribution in [0.5, 0.6) is 0 Å². The van der Waals surface area contributed by atoms with E-state index in [4.69, 9.17) is 13.7 Å². The summed E-state index contributed by atoms with van der Waals surface area (Å²) in [6, 6.07) is 0. The van der Waals surface area contributed by atoms with Crippen LogP contribution in [0.25, 0.3) is 0 Å². The van der Waals surface area contributed by atoms with Gasteiger partial charge in [-0.15, -0.1) is 0 Å². The molecule has 0 rings (SSSR count). The van der Waals surface area contributed by atoms with Crippen molar-refractivity contribution in [3.8, 4) is 0 Å². The molecule has 10 nitrogen and oxygen atoms in total. The maximum absolute atomic E-state index is 12.3. The van der Waals surface area contributed by atoms with Crippen molar-refractivity contribution in [2.45, 2.75) is 67.3 Å². The molecule has 0 aliphatic rings. The van der Waals surface area contributed by atoms with Gasteiger partial charge in [-0.1, -0.05) is 41.5 Å². The van der Waals surface area contributed by atoms with Crippen LogP contribution in [0.4, 0.5) is 0 Å². The average molecular weight is 454 g/mol. The van der Waals surface area contributed by atoms with Crippen LogP contribution in [0.1, 0.15) is 54.9 Å². The molecule has 0 saturated carbocycles. The molecule has 30 heavy (non-hydrogen) atoms. The van der Waals surface area contributed by atoms with E-state index < -0.39 is 52.4 Å². The van der Waals surface area contributed by atoms with Gasteiger partial charge >= 0.3 is 11.9 Å². The summed E-state index contributed by atoms with van der Waals surface area (Å²) in [5.74, 6) is -2.98. The van der Waals surface area contributed by atoms with E-state index in [1.165, 1.54) is 20.8 Å². The van der Waals surface area contributed by atoms with Gasteiger partial charge in [0.05, 0.1) is 18.3 Å². The van der Waals surface area contributed by atoms with Gasteiger partial charge < -0.3 is 19.9 Å². The fourth-order valence-corrected chi connectivity index (χ4v) is 3.04. The molecule has 2 N–H and O–H groups in total. The predicted molar refractivity (Wildman–Crippen MR) is 108 cm³/mol. The molecule has 0 aromatic heterocycles. The number of nitrogens with one attached hydrogen (secondary N) is 1. The zero-order valence-corrected chi connectivity index (χ0v) is 19.6. The SMILES string of the molecule is CC(=O)NCCCS(=O)(=O)OCC(C)(C)[C@@H](O)C(=O)OC(OC(=O)C(C)C)C(C)C. The molecule has 0 heterocycles. The topological polar surface area (TPSA) is 145 Å². The second kappa shape index (κ2) is 12.2. The lowest BCUT2D eigenvalue weighted by Gasteiger charge is -2.30. The smallest absolute Gasteiger partial charge is 0.338 e. The zero-order chi connectivity index (χ0) is 23.7. The van der Waals surface area contributed by atoms with Crippen molar-refractivity contribution < 1.29 is 41.6 Å². The highest BCUT2D eigenvalue weighted by Gasteiger charge is 2.38. The third-order valence-electron chi connectivity index (χ3n) is 4.00. The Bertz CT molecular complexity index is 686. The molecule has 2 atom stereocenters. The number of carbonyl (C=O) groups is 3. The molecule has 176 valence electrons. The van der Waals surface area contributed by atoms with Gasteiger partial charge in [-0.05, 0) is 6.42 Å². The lowest BCUT2D eigenvalue weighted by molar-refractivity contribution is -0.207. The first-order valence-corrected chi connectivity index (χ1v) is 11.4. The van der Waals surface area contributed by atoms with E-state index >= 15 is 0 Å². The first kappa shape index (κ1) is 28.3. The Labute approximate surface area is 178 Å². The highest BCUT2D eigenvalue weighted by molar-refractivity contribution is 7.86. The van der Waals surface area contributed by atoms with Crippen molar-refractivity contribution in [2.24, 2.45) is 17.3 Å². The minimum Gasteiger partial charge on any atom is -0.425 e. The average Bonchev–Trinajstić information content (AvgIpc) is 2.62. The summed E-state index contributed by atoms with van der Waals surface area (Å²) in [5.41, 5.74) is -1.30. The Morgan fingerprint density at radius 1 is 1.03 bits per heavy atom. The summed E-state index contributed by atoms with van der Waals surface area (Å²) in [7, 11) is -3.92. The summed E-state index contributed by atoms with van der Waals surface area (Å²) in [6.07, 6.45) is -2.74. The molecule has 0 fully saturated rings. The quantitative estimate of drug-likeness (QED) is 0.180. The molecule has 1 amide bonds. The number of esters is 2. The second-order valence-electron chi connectivity index (χ2n) is 8.39. The highest BCUT2D eigenvalue weighted by Crippen LogP contribution is 2.25. The Kier molecular flexibility index (Phi) is 11.5. The number of ether oxygens (including phenoxy) is 2. The Balaban J connectivity index is 4.84. The van der Waals surface area contributed by atoms with Crippen LogP contribution in [0.3, 0.4) is 0 Å². The molecule has 0 aliphatic heterocycles. The summed E-state index contributed by atoms with van der Waals surface area (Å²) in [6.45, 7) is 10.5. The molecule has 0 aromatic carbocycles. The zero-order valence-electron chi connectivity index (χ0n) is 18.8. The highest BCUT2D eigenvalue weighted by atomic mass is 32.2. The van der Waals surface area contributed by atoms with Crippen LogP contribution in [0.15, 0.2) is 0 Å². The van der Waals surface area contributed by atoms with Crippen molar-refractivity contribution >= 4 is 28.0 Å². The van der Waals surface area contributed by atoms with E-state index in [2.05, 4.69) is 5.32 Å². The van der Waals surface area contributed by atoms with Gasteiger partial charge in [-0.25, -0.2) is 4.79 Å². The number of aliphatic hydroxyl groups is 1. The summed E-state index contributed by atoms with van der Waals surface area (Å²) < 4.78 is 39.2. The van der Waals surface area contributed by atoms with Crippen molar-refractivity contribution in [3.05, 3.63) is 0 Å². The summed E-state index contributed by atoms with van der Waals surface area (Å²) >= 11 is 0. The number of hydrogen-bond acceptors (Lipinski definition) is 9. The first-order valence-electron chi connectivity index (χ1n) is 9.79. The minimum atomic E-state index is -3.92. The van der Waals surface area contributed by atoms with Gasteiger partial charge in [0, 0.05) is 24.8 Å². The Morgan fingerprint density at radius 3 is 2.03 bits per heavy atom. The third-order valence-corrected chi connectivity index (χ3v) is 5.27. The van der Waals surface area contributed by atoms with E-state index in [-0.39, 0.29) is 30.5 Å². The van der Waals surface area contributed by atoms with Crippen molar-refractivity contribution in [3.63, 3.8) is 0 Å². The van der Waals surface area contributed by atoms with Crippen LogP contribution in [0.2, 0.25) is 0 Å². The normalized spacial score (nSPS) is 14.3. The number of rotatable bonds is 13. The molecule has 0 radical (unpaired) electrons. The van der Waals surface area contributed by atoms with Gasteiger partial charge in [0.15, 0.2) is 6.10 Å². The number of hydrogen-bond donors (Lipinski definition) is 2. The minimum absolute atomic E-state index is 0.157. The maximum Gasteiger partial charge on any atom is 0.338 e. The molecular formula is C19H35NO9S. The maximum atomic E-state index is 12.3. The lowest BCUT2D eigenvalue weighted by Crippen LogP contribution is -2.44. The van der Waals surface area contributed by atoms with E-state index in [1.807, 2.05) is 0 Å². The first-order chi connectivity index (χ1) is 13.6. The predicted octanol–water partition coefficient (Wildman–Crippen LogP) is 0.971. The standard InChI is InChI=1S/C19H35NO9S/c1-12(2)16(23)28-18(13(3)4)29-17(24)15(22)19(6,7)11-27-30(25,26)10-8-9-20-14(5)21/h12-13,15,18,22H,8-11H2,1-7H3,(H,20,21)/t15-,18?/m0/s1. The Hall–Kier alpha value is -1.72. The van der Waals surface area contributed by atoms with E-state index in [0.717, 1.165) is 0 Å². The molecule has 0 bridgehead atoms. The summed E-state index contributed by atoms with van der Waals surface area (Å²) in [5, 5.41) is 12.8. The van der Waals surface area contributed by atoms with Crippen molar-refractivity contribution in [1.29, 1.82) is 0 Å². The van der Waals surface area contributed by atoms with E-state index in [1.54, 1.807) is 27.7 Å². The summed E-state index contributed by atoms with van der Waals surface area (Å²) in [4.78, 5) is 34.9. The van der Waals surface area contributed by atoms with Crippen LogP contribution < -0.4 is 5.32 Å². The van der Waals surface area contributed by atoms with Crippen LogP contribution >= 0.6 is 0 Å². The molecule has 0 aromatic rings. The van der Waals surface area contributed by atoms with Crippen LogP contribution in [0, 0.1) is 17.3 Å². The van der Waals surface area contributed by atoms with E-state index in [9.17, 15) is 27.9 Å². The fourth-order valence-electron chi connectivity index (χ4n) is 1.94. The number of aliphatic hydroxyl groups excluding tert-OH is 1. The van der Waals surface area contributed by atoms with E-state index in [0.29, 0.717) is 0 Å². The largest absolute Gasteiger partial charge is 0.425 e. The van der Waals surface area contributed by atoms with Gasteiger partial charge in [-0.2, -0.15) is 8.42 Å². The second-order valence-corrected chi connectivity index (χ2v) is 10.2. The van der Waals surface area contributed by atoms with Crippen molar-refractivity contribution in [2.75, 3.05) is 18.9 Å². The van der Waals surface area contributed by atoms with Crippen LogP contribution in [-0.2, 0) is 38.2 Å². The van der Waals surface area contributed by atoms with Gasteiger partial charge in [0.25, 0.3) is 10.1 Å². The molecule has 11 heteroatoms. The fraction of sp³-hybridized carbons (Fsp3) is 0.842. The van der Waals surface area contributed by atoms with Crippen LogP contribution in [-0.4, -0.2) is 62.7 Å². The number of carbonyl (C=O) groups excluding carboxylic acids is 3. The molecule has 0 saturated heterocycles. The molecule has 0 spiro atoms. The molecule has 1 unspecified atom stereocenters. The molecular weight excluding hydrogens is 418 g/mol. The Morgan fingerprint density at radius 2 is 1.57 bits per heavy atom. The van der Waals surface area contributed by atoms with Gasteiger partial charge in [-0.3, -0.25) is 13.8 Å². The molecule has 0 aliphatic carbocycles. The number of amides is 1. The third kappa shape index (κ3) is 10.9. The lowest BCUT2D eigenvalue weighted by atomic mass is 9.87.